The van der Waals surface area contributed by atoms with E-state index in [0.717, 1.165) is 40.0 Å². The summed E-state index contributed by atoms with van der Waals surface area (Å²) in [5.41, 5.74) is 10.9. The van der Waals surface area contributed by atoms with Gasteiger partial charge in [-0.25, -0.2) is 9.50 Å². The molecule has 0 aromatic carbocycles. The van der Waals surface area contributed by atoms with E-state index in [0.29, 0.717) is 16.4 Å². The number of carbonyl (C=O) groups is 1. The Kier molecular flexibility index (Phi) is 3.45. The Balaban J connectivity index is 1.51. The van der Waals surface area contributed by atoms with Crippen LogP contribution in [0.15, 0.2) is 24.4 Å². The average molecular weight is 378 g/mol. The molecule has 7 nitrogen and oxygen atoms in total. The van der Waals surface area contributed by atoms with Crippen molar-refractivity contribution in [3.63, 3.8) is 0 Å². The molecular formula is C19H18N6OS. The first-order valence-corrected chi connectivity index (χ1v) is 9.61. The van der Waals surface area contributed by atoms with Gasteiger partial charge >= 0.3 is 0 Å². The maximum absolute atomic E-state index is 12.9. The van der Waals surface area contributed by atoms with E-state index in [-0.39, 0.29) is 11.9 Å². The van der Waals surface area contributed by atoms with Gasteiger partial charge in [-0.05, 0) is 43.5 Å². The number of hydrogen-bond donors (Lipinski definition) is 2. The monoisotopic (exact) mass is 378 g/mol. The van der Waals surface area contributed by atoms with E-state index >= 15 is 0 Å². The van der Waals surface area contributed by atoms with Gasteiger partial charge in [-0.1, -0.05) is 6.07 Å². The fraction of sp³-hybridized carbons (Fsp3) is 0.263. The maximum atomic E-state index is 12.9. The van der Waals surface area contributed by atoms with Crippen LogP contribution in [0.3, 0.4) is 0 Å². The zero-order chi connectivity index (χ0) is 18.7. The molecular weight excluding hydrogens is 360 g/mol. The minimum atomic E-state index is -0.143. The fourth-order valence-electron chi connectivity index (χ4n) is 3.84. The highest BCUT2D eigenvalue weighted by Crippen LogP contribution is 2.36. The Morgan fingerprint density at radius 1 is 1.37 bits per heavy atom. The number of aryl methyl sites for hydroxylation is 2. The van der Waals surface area contributed by atoms with E-state index in [9.17, 15) is 4.79 Å². The molecule has 0 saturated heterocycles. The summed E-state index contributed by atoms with van der Waals surface area (Å²) in [6.45, 7) is 3.83. The number of anilines is 1. The third-order valence-corrected chi connectivity index (χ3v) is 6.21. The van der Waals surface area contributed by atoms with E-state index in [2.05, 4.69) is 26.4 Å². The molecule has 8 heteroatoms. The number of hydrogen-bond acceptors (Lipinski definition) is 6. The van der Waals surface area contributed by atoms with Gasteiger partial charge in [-0.2, -0.15) is 5.10 Å². The molecule has 0 fully saturated rings. The summed E-state index contributed by atoms with van der Waals surface area (Å²) in [4.78, 5) is 23.1. The summed E-state index contributed by atoms with van der Waals surface area (Å²) in [6, 6.07) is 5.99. The number of nitrogens with two attached hydrogens (primary N) is 1. The second-order valence-electron chi connectivity index (χ2n) is 6.97. The smallest absolute Gasteiger partial charge is 0.263 e. The molecule has 1 aliphatic carbocycles. The number of thiophene rings is 1. The van der Waals surface area contributed by atoms with Gasteiger partial charge in [0.25, 0.3) is 5.91 Å². The van der Waals surface area contributed by atoms with E-state index in [1.54, 1.807) is 10.7 Å². The molecule has 4 aromatic rings. The number of pyridine rings is 2. The summed E-state index contributed by atoms with van der Waals surface area (Å²) in [5.74, 6) is 0.548. The van der Waals surface area contributed by atoms with Crippen LogP contribution in [0.1, 0.15) is 32.3 Å². The average Bonchev–Trinajstić information content (AvgIpc) is 3.29. The van der Waals surface area contributed by atoms with E-state index in [1.807, 2.05) is 26.0 Å². The van der Waals surface area contributed by atoms with Gasteiger partial charge in [-0.15, -0.1) is 11.3 Å². The first-order valence-electron chi connectivity index (χ1n) is 8.80. The van der Waals surface area contributed by atoms with Crippen LogP contribution in [0.4, 0.5) is 5.69 Å². The van der Waals surface area contributed by atoms with Gasteiger partial charge in [0, 0.05) is 29.7 Å². The molecule has 0 spiro atoms. The lowest BCUT2D eigenvalue weighted by atomic mass is 10.1. The van der Waals surface area contributed by atoms with Crippen LogP contribution < -0.4 is 11.1 Å². The summed E-state index contributed by atoms with van der Waals surface area (Å²) in [5, 5.41) is 8.44. The van der Waals surface area contributed by atoms with Crippen LogP contribution in [0.25, 0.3) is 15.9 Å². The van der Waals surface area contributed by atoms with Gasteiger partial charge < -0.3 is 11.1 Å². The summed E-state index contributed by atoms with van der Waals surface area (Å²) in [6.07, 6.45) is 3.34. The molecule has 5 rings (SSSR count). The molecule has 1 aliphatic rings. The number of nitrogens with one attached hydrogen (secondary N) is 1. The van der Waals surface area contributed by atoms with E-state index in [1.165, 1.54) is 16.9 Å². The first-order chi connectivity index (χ1) is 13.0. The highest BCUT2D eigenvalue weighted by Gasteiger charge is 2.27. The van der Waals surface area contributed by atoms with Crippen molar-refractivity contribution in [1.29, 1.82) is 0 Å². The van der Waals surface area contributed by atoms with Crippen molar-refractivity contribution >= 4 is 38.8 Å². The number of nitrogens with zero attached hydrogens (tertiary/aromatic N) is 4. The quantitative estimate of drug-likeness (QED) is 0.558. The molecule has 4 aromatic heterocycles. The van der Waals surface area contributed by atoms with Gasteiger partial charge in [0.05, 0.1) is 5.69 Å². The lowest BCUT2D eigenvalue weighted by Crippen LogP contribution is -2.35. The molecule has 1 amide bonds. The summed E-state index contributed by atoms with van der Waals surface area (Å²) in [7, 11) is 0. The summed E-state index contributed by atoms with van der Waals surface area (Å²) < 4.78 is 1.77. The van der Waals surface area contributed by atoms with Gasteiger partial charge in [0.2, 0.25) is 0 Å². The SMILES string of the molecule is Cc1nc2cc(C)c3c(N)c(C(=O)NC4Cc5cccnc5C4)sc3n2n1. The normalized spacial score (nSPS) is 16.1. The molecule has 27 heavy (non-hydrogen) atoms. The van der Waals surface area contributed by atoms with Crippen LogP contribution >= 0.6 is 11.3 Å². The largest absolute Gasteiger partial charge is 0.397 e. The van der Waals surface area contributed by atoms with Gasteiger partial charge in [0.1, 0.15) is 15.5 Å². The topological polar surface area (TPSA) is 98.2 Å². The predicted molar refractivity (Wildman–Crippen MR) is 105 cm³/mol. The number of amides is 1. The lowest BCUT2D eigenvalue weighted by Gasteiger charge is -2.11. The lowest BCUT2D eigenvalue weighted by molar-refractivity contribution is 0.0943. The van der Waals surface area contributed by atoms with E-state index < -0.39 is 0 Å². The van der Waals surface area contributed by atoms with Crippen LogP contribution in [0.5, 0.6) is 0 Å². The van der Waals surface area contributed by atoms with Crippen LogP contribution in [0, 0.1) is 13.8 Å². The van der Waals surface area contributed by atoms with Crippen molar-refractivity contribution in [1.82, 2.24) is 24.9 Å². The molecule has 136 valence electrons. The van der Waals surface area contributed by atoms with Crippen LogP contribution in [0.2, 0.25) is 0 Å². The second kappa shape index (κ2) is 5.75. The Labute approximate surface area is 159 Å². The van der Waals surface area contributed by atoms with Crippen molar-refractivity contribution in [2.75, 3.05) is 5.73 Å². The first kappa shape index (κ1) is 16.2. The highest BCUT2D eigenvalue weighted by atomic mass is 32.1. The fourth-order valence-corrected chi connectivity index (χ4v) is 4.99. The number of nitrogen functional groups attached to an aromatic ring is 1. The number of carbonyl (C=O) groups excluding carboxylic acids is 1. The second-order valence-corrected chi connectivity index (χ2v) is 7.97. The Morgan fingerprint density at radius 3 is 3.04 bits per heavy atom. The Hall–Kier alpha value is -3.00. The predicted octanol–water partition coefficient (Wildman–Crippen LogP) is 2.44. The molecule has 3 N–H and O–H groups in total. The Bertz CT molecular complexity index is 1200. The molecule has 0 aliphatic heterocycles. The molecule has 1 atom stereocenters. The summed E-state index contributed by atoms with van der Waals surface area (Å²) >= 11 is 1.36. The van der Waals surface area contributed by atoms with Crippen molar-refractivity contribution in [3.05, 3.63) is 51.9 Å². The number of fused-ring (bicyclic) bond motifs is 4. The molecule has 1 unspecified atom stereocenters. The zero-order valence-corrected chi connectivity index (χ0v) is 15.8. The van der Waals surface area contributed by atoms with Crippen LogP contribution in [-0.2, 0) is 12.8 Å². The van der Waals surface area contributed by atoms with Gasteiger partial charge in [-0.3, -0.25) is 9.78 Å². The molecule has 0 saturated carbocycles. The number of rotatable bonds is 2. The zero-order valence-electron chi connectivity index (χ0n) is 15.0. The minimum Gasteiger partial charge on any atom is -0.397 e. The van der Waals surface area contributed by atoms with E-state index in [4.69, 9.17) is 5.73 Å². The van der Waals surface area contributed by atoms with Crippen molar-refractivity contribution < 1.29 is 4.79 Å². The third-order valence-electron chi connectivity index (χ3n) is 5.03. The maximum Gasteiger partial charge on any atom is 0.263 e. The van der Waals surface area contributed by atoms with Crippen LogP contribution in [-0.4, -0.2) is 31.5 Å². The van der Waals surface area contributed by atoms with Gasteiger partial charge in [0.15, 0.2) is 5.65 Å². The van der Waals surface area contributed by atoms with Crippen molar-refractivity contribution in [2.45, 2.75) is 32.7 Å². The molecule has 4 heterocycles. The highest BCUT2D eigenvalue weighted by molar-refractivity contribution is 7.21. The molecule has 0 radical (unpaired) electrons. The third kappa shape index (κ3) is 2.48. The molecule has 0 bridgehead atoms. The standard InChI is InChI=1S/C19H18N6OS/c1-9-6-14-22-10(2)24-25(14)19-15(9)16(20)17(27-19)18(26)23-12-7-11-4-3-5-21-13(11)8-12/h3-6,12H,7-8,20H2,1-2H3,(H,23,26). The van der Waals surface area contributed by atoms with Crippen molar-refractivity contribution in [3.8, 4) is 0 Å². The van der Waals surface area contributed by atoms with Crippen molar-refractivity contribution in [2.24, 2.45) is 0 Å². The Morgan fingerprint density at radius 2 is 2.22 bits per heavy atom. The number of aromatic nitrogens is 4. The minimum absolute atomic E-state index is 0.0433.